The van der Waals surface area contributed by atoms with Crippen molar-refractivity contribution in [2.24, 2.45) is 0 Å². The van der Waals surface area contributed by atoms with Gasteiger partial charge in [-0.2, -0.15) is 17.5 Å². The smallest absolute Gasteiger partial charge is 0.161 e. The Morgan fingerprint density at radius 1 is 0.362 bits per heavy atom. The molecule has 10 heterocycles. The molecule has 0 saturated carbocycles. The van der Waals surface area contributed by atoms with Crippen LogP contribution in [0.25, 0.3) is 133 Å². The number of aromatic nitrogens is 4. The first kappa shape index (κ1) is 52.5. The first-order valence-corrected chi connectivity index (χ1v) is 33.5. The van der Waals surface area contributed by atoms with Crippen molar-refractivity contribution in [3.8, 4) is 71.0 Å². The summed E-state index contributed by atoms with van der Waals surface area (Å²) in [5.74, 6) is -0.189. The molecule has 14 rings (SSSR count). The number of hydrogen-bond donors (Lipinski definition) is 0. The largest absolute Gasteiger partial charge is 0.294 e. The number of aryl methyl sites for hydroxylation is 4. The standard InChI is InChI=1S/C60H36Cl2N4O4S10/c1-21-13-40(29-16-35(61)49(38-10-9-23(3)71-38)53-51(29)63-79-65-53)74-55(21)43-19-33-47(27(7)69)60-34(48(28(8)70)59(33)77-43)20-44(78-60)56-22(2)14-41(75-56)30-17-36(62)50(54-52(30)64-80-66-54)39-12-11-37(73-39)42-18-32-46(26(6)68)57-31(15-24(4)72-57)45(25(5)67)58(32)76-42/h9-20H,1-8H3. The number of benzene rings is 4. The van der Waals surface area contributed by atoms with Gasteiger partial charge >= 0.3 is 0 Å². The highest BCUT2D eigenvalue weighted by atomic mass is 35.5. The van der Waals surface area contributed by atoms with Crippen LogP contribution >= 0.6 is 137 Å². The molecule has 20 heteroatoms. The third-order valence-electron chi connectivity index (χ3n) is 14.3. The maximum absolute atomic E-state index is 14.0. The van der Waals surface area contributed by atoms with Crippen LogP contribution in [0.2, 0.25) is 10.0 Å². The van der Waals surface area contributed by atoms with Crippen molar-refractivity contribution < 1.29 is 19.2 Å². The normalized spacial score (nSPS) is 12.1. The van der Waals surface area contributed by atoms with Gasteiger partial charge in [-0.05, 0) is 139 Å². The Balaban J connectivity index is 0.822. The zero-order chi connectivity index (χ0) is 55.5. The number of nitrogens with zero attached hydrogens (tertiary/aromatic N) is 4. The van der Waals surface area contributed by atoms with E-state index in [1.54, 1.807) is 107 Å². The van der Waals surface area contributed by atoms with E-state index in [1.807, 2.05) is 25.1 Å². The Morgan fingerprint density at radius 3 is 1.20 bits per heavy atom. The maximum atomic E-state index is 14.0. The van der Waals surface area contributed by atoms with Crippen molar-refractivity contribution in [3.63, 3.8) is 0 Å². The Morgan fingerprint density at radius 2 is 0.750 bits per heavy atom. The zero-order valence-electron chi connectivity index (χ0n) is 43.2. The third kappa shape index (κ3) is 8.19. The predicted octanol–water partition coefficient (Wildman–Crippen LogP) is 21.8. The molecule has 8 nitrogen and oxygen atoms in total. The number of rotatable bonds is 11. The Labute approximate surface area is 506 Å². The minimum absolute atomic E-state index is 0.0277. The molecule has 4 aromatic carbocycles. The van der Waals surface area contributed by atoms with Crippen LogP contribution in [0.3, 0.4) is 0 Å². The van der Waals surface area contributed by atoms with Crippen LogP contribution in [0.1, 0.15) is 90.0 Å². The lowest BCUT2D eigenvalue weighted by Crippen LogP contribution is -1.99. The molecule has 0 amide bonds. The molecule has 10 aromatic heterocycles. The summed E-state index contributed by atoms with van der Waals surface area (Å²) in [5.41, 5.74) is 11.2. The van der Waals surface area contributed by atoms with E-state index in [9.17, 15) is 19.2 Å². The van der Waals surface area contributed by atoms with E-state index in [4.69, 9.17) is 40.7 Å². The second kappa shape index (κ2) is 19.5. The van der Waals surface area contributed by atoms with Crippen LogP contribution in [0.5, 0.6) is 0 Å². The maximum Gasteiger partial charge on any atom is 0.161 e. The van der Waals surface area contributed by atoms with Crippen molar-refractivity contribution in [1.29, 1.82) is 0 Å². The van der Waals surface area contributed by atoms with Gasteiger partial charge in [0.15, 0.2) is 23.1 Å². The molecular formula is C60H36Cl2N4O4S10. The van der Waals surface area contributed by atoms with Crippen molar-refractivity contribution in [1.82, 2.24) is 17.5 Å². The number of carbonyl (C=O) groups is 4. The van der Waals surface area contributed by atoms with Gasteiger partial charge in [0.2, 0.25) is 0 Å². The van der Waals surface area contributed by atoms with Gasteiger partial charge in [0.1, 0.15) is 22.1 Å². The van der Waals surface area contributed by atoms with Gasteiger partial charge in [0.25, 0.3) is 0 Å². The molecule has 14 aromatic rings. The molecule has 0 aliphatic rings. The molecule has 0 saturated heterocycles. The molecule has 0 N–H and O–H groups in total. The van der Waals surface area contributed by atoms with Crippen LogP contribution < -0.4 is 0 Å². The lowest BCUT2D eigenvalue weighted by atomic mass is 9.97. The molecule has 0 radical (unpaired) electrons. The zero-order valence-corrected chi connectivity index (χ0v) is 52.9. The van der Waals surface area contributed by atoms with E-state index in [0.717, 1.165) is 156 Å². The first-order valence-electron chi connectivity index (χ1n) is 24.8. The SMILES string of the molecule is CC(=O)c1c2cc(-c3ccc(-c4c(Cl)cc(-c5cc(C)c(-c6cc7c(C(C)=O)c8sc(-c9sc(-c%10cc(Cl)c(-c%11ccc(C)s%11)c%11nsnc%10%11)cc9C)cc8c(C(C)=O)c7s6)s5)c5nsnc45)s3)sc2c(C(C)=O)c2cc(C)sc12. The van der Waals surface area contributed by atoms with E-state index >= 15 is 0 Å². The Kier molecular flexibility index (Phi) is 12.8. The number of hydrogen-bond acceptors (Lipinski definition) is 18. The van der Waals surface area contributed by atoms with E-state index in [2.05, 4.69) is 75.4 Å². The minimum atomic E-state index is -0.0666. The quantitative estimate of drug-likeness (QED) is 0.117. The van der Waals surface area contributed by atoms with Crippen LogP contribution in [0, 0.1) is 27.7 Å². The summed E-state index contributed by atoms with van der Waals surface area (Å²) in [4.78, 5) is 66.5. The van der Waals surface area contributed by atoms with Crippen molar-refractivity contribution in [2.75, 3.05) is 0 Å². The highest BCUT2D eigenvalue weighted by Crippen LogP contribution is 2.54. The summed E-state index contributed by atoms with van der Waals surface area (Å²) in [6.07, 6.45) is 0. The summed E-state index contributed by atoms with van der Waals surface area (Å²) in [7, 11) is 0. The van der Waals surface area contributed by atoms with Gasteiger partial charge in [-0.25, -0.2) is 0 Å². The van der Waals surface area contributed by atoms with Crippen molar-refractivity contribution >= 4 is 223 Å². The second-order valence-electron chi connectivity index (χ2n) is 19.7. The number of halogens is 2. The number of carbonyl (C=O) groups excluding carboxylic acids is 4. The fourth-order valence-electron chi connectivity index (χ4n) is 11.0. The molecule has 394 valence electrons. The third-order valence-corrected chi connectivity index (χ3v) is 25.7. The fraction of sp³-hybridized carbons (Fsp3) is 0.133. The molecule has 0 aliphatic heterocycles. The van der Waals surface area contributed by atoms with E-state index < -0.39 is 0 Å². The van der Waals surface area contributed by atoms with Gasteiger partial charge in [-0.15, -0.1) is 90.7 Å². The molecule has 0 bridgehead atoms. The monoisotopic (exact) mass is 1270 g/mol. The van der Waals surface area contributed by atoms with Crippen LogP contribution in [-0.4, -0.2) is 40.6 Å². The number of thiophene rings is 8. The van der Waals surface area contributed by atoms with Crippen molar-refractivity contribution in [3.05, 3.63) is 126 Å². The average Bonchev–Trinajstić information content (AvgIpc) is 4.42. The molecule has 0 fully saturated rings. The lowest BCUT2D eigenvalue weighted by molar-refractivity contribution is 0.101. The molecular weight excluding hydrogens is 1230 g/mol. The Bertz CT molecular complexity index is 4940. The first-order chi connectivity index (χ1) is 38.4. The summed E-state index contributed by atoms with van der Waals surface area (Å²) >= 11 is 29.4. The molecule has 0 spiro atoms. The summed E-state index contributed by atoms with van der Waals surface area (Å²) in [6, 6.07) is 24.8. The molecule has 0 unspecified atom stereocenters. The van der Waals surface area contributed by atoms with Gasteiger partial charge in [0, 0.05) is 143 Å². The number of fused-ring (bicyclic) bond motifs is 6. The van der Waals surface area contributed by atoms with Gasteiger partial charge in [-0.1, -0.05) is 23.2 Å². The van der Waals surface area contributed by atoms with E-state index in [1.165, 1.54) is 27.9 Å². The average molecular weight is 1270 g/mol. The predicted molar refractivity (Wildman–Crippen MR) is 348 cm³/mol. The van der Waals surface area contributed by atoms with Gasteiger partial charge in [0.05, 0.1) is 33.5 Å². The van der Waals surface area contributed by atoms with E-state index in [-0.39, 0.29) is 23.1 Å². The Hall–Kier alpha value is -5.58. The van der Waals surface area contributed by atoms with Crippen LogP contribution in [0.15, 0.2) is 72.8 Å². The van der Waals surface area contributed by atoms with Crippen molar-refractivity contribution in [2.45, 2.75) is 55.4 Å². The van der Waals surface area contributed by atoms with Gasteiger partial charge < -0.3 is 0 Å². The van der Waals surface area contributed by atoms with E-state index in [0.29, 0.717) is 37.8 Å². The molecule has 0 atom stereocenters. The lowest BCUT2D eigenvalue weighted by Gasteiger charge is -2.07. The van der Waals surface area contributed by atoms with Crippen LogP contribution in [-0.2, 0) is 0 Å². The number of Topliss-reactive ketones (excluding diaryl/α,β-unsaturated/α-hetero) is 4. The fourth-order valence-corrected chi connectivity index (χ4v) is 22.5. The molecule has 80 heavy (non-hydrogen) atoms. The van der Waals surface area contributed by atoms with Gasteiger partial charge in [-0.3, -0.25) is 19.2 Å². The summed E-state index contributed by atoms with van der Waals surface area (Å²) < 4.78 is 22.4. The highest BCUT2D eigenvalue weighted by molar-refractivity contribution is 7.30. The number of ketones is 4. The minimum Gasteiger partial charge on any atom is -0.294 e. The topological polar surface area (TPSA) is 120 Å². The van der Waals surface area contributed by atoms with Crippen LogP contribution in [0.4, 0.5) is 0 Å². The summed E-state index contributed by atoms with van der Waals surface area (Å²) in [5, 5.41) is 4.35. The molecule has 0 aliphatic carbocycles. The second-order valence-corrected chi connectivity index (χ2v) is 30.4. The highest BCUT2D eigenvalue weighted by Gasteiger charge is 2.29. The summed E-state index contributed by atoms with van der Waals surface area (Å²) in [6.45, 7) is 14.7.